The Morgan fingerprint density at radius 3 is 1.57 bits per heavy atom. The van der Waals surface area contributed by atoms with Crippen molar-refractivity contribution in [2.45, 2.75) is 67.7 Å². The molecule has 0 aliphatic heterocycles. The number of nitrogens with zero attached hydrogens (tertiary/aromatic N) is 6. The van der Waals surface area contributed by atoms with Gasteiger partial charge in [0.1, 0.15) is 16.4 Å². The molecule has 0 saturated heterocycles. The molecule has 2 heterocycles. The first-order valence-corrected chi connectivity index (χ1v) is 17.3. The van der Waals surface area contributed by atoms with E-state index in [1.165, 1.54) is 11.3 Å². The van der Waals surface area contributed by atoms with E-state index in [2.05, 4.69) is 20.2 Å². The average molecular weight is 812 g/mol. The highest BCUT2D eigenvalue weighted by Crippen LogP contribution is 2.61. The van der Waals surface area contributed by atoms with E-state index >= 15 is 0 Å². The second-order valence-corrected chi connectivity index (χ2v) is 14.1. The fourth-order valence-electron chi connectivity index (χ4n) is 4.13. The number of nitrogen functional groups attached to an aromatic ring is 1. The highest BCUT2D eigenvalue weighted by Gasteiger charge is 2.92. The maximum Gasteiger partial charge on any atom is 0.460 e. The lowest BCUT2D eigenvalue weighted by molar-refractivity contribution is -0.433. The van der Waals surface area contributed by atoms with Crippen LogP contribution in [0, 0.1) is 0 Å². The maximum absolute atomic E-state index is 14.6. The van der Waals surface area contributed by atoms with E-state index in [1.807, 2.05) is 37.5 Å². The van der Waals surface area contributed by atoms with Gasteiger partial charge in [-0.15, -0.1) is 10.2 Å². The Kier molecular flexibility index (Phi) is 11.6. The van der Waals surface area contributed by atoms with Gasteiger partial charge >= 0.3 is 35.1 Å². The molecular formula is C26H26F13N7O2S3. The zero-order valence-electron chi connectivity index (χ0n) is 26.4. The summed E-state index contributed by atoms with van der Waals surface area (Å²) >= 11 is 2.20. The van der Waals surface area contributed by atoms with Crippen LogP contribution in [-0.2, 0) is 9.84 Å². The normalized spacial score (nSPS) is 14.1. The summed E-state index contributed by atoms with van der Waals surface area (Å²) in [6, 6.07) is 1.25. The van der Waals surface area contributed by atoms with Crippen molar-refractivity contribution in [2.24, 2.45) is 10.2 Å². The van der Waals surface area contributed by atoms with Crippen LogP contribution in [0.5, 0.6) is 0 Å². The molecule has 0 spiro atoms. The molecule has 51 heavy (non-hydrogen) atoms. The summed E-state index contributed by atoms with van der Waals surface area (Å²) < 4.78 is 201. The van der Waals surface area contributed by atoms with Gasteiger partial charge in [-0.2, -0.15) is 57.1 Å². The van der Waals surface area contributed by atoms with E-state index in [9.17, 15) is 65.5 Å². The largest absolute Gasteiger partial charge is 0.460 e. The topological polar surface area (TPSA) is 117 Å². The van der Waals surface area contributed by atoms with Crippen molar-refractivity contribution in [3.63, 3.8) is 0 Å². The molecule has 1 aromatic carbocycles. The Morgan fingerprint density at radius 1 is 0.667 bits per heavy atom. The third-order valence-corrected chi connectivity index (χ3v) is 11.1. The van der Waals surface area contributed by atoms with E-state index < -0.39 is 49.9 Å². The van der Waals surface area contributed by atoms with Gasteiger partial charge in [-0.3, -0.25) is 0 Å². The Labute approximate surface area is 288 Å². The van der Waals surface area contributed by atoms with E-state index in [0.717, 1.165) is 11.3 Å². The summed E-state index contributed by atoms with van der Waals surface area (Å²) in [4.78, 5) is 11.1. The van der Waals surface area contributed by atoms with Gasteiger partial charge in [0, 0.05) is 26.2 Å². The predicted molar refractivity (Wildman–Crippen MR) is 163 cm³/mol. The number of hydrogen-bond donors (Lipinski definition) is 1. The van der Waals surface area contributed by atoms with E-state index in [4.69, 9.17) is 5.73 Å². The minimum absolute atomic E-state index is 0.0841. The molecule has 25 heteroatoms. The summed E-state index contributed by atoms with van der Waals surface area (Å²) in [6.07, 6.45) is -7.64. The van der Waals surface area contributed by atoms with Gasteiger partial charge in [0.2, 0.25) is 9.84 Å². The van der Waals surface area contributed by atoms with Crippen LogP contribution in [0.3, 0.4) is 0 Å². The van der Waals surface area contributed by atoms with Crippen LogP contribution < -0.4 is 15.5 Å². The molecule has 2 aromatic heterocycles. The number of aromatic nitrogens is 2. The molecule has 286 valence electrons. The molecule has 9 nitrogen and oxygen atoms in total. The first kappa shape index (κ1) is 41.9. The van der Waals surface area contributed by atoms with Crippen LogP contribution in [0.2, 0.25) is 0 Å². The molecule has 0 saturated carbocycles. The highest BCUT2D eigenvalue weighted by atomic mass is 32.2. The van der Waals surface area contributed by atoms with Crippen molar-refractivity contribution in [1.82, 2.24) is 9.97 Å². The summed E-state index contributed by atoms with van der Waals surface area (Å²) in [5, 5.41) is 1.62. The van der Waals surface area contributed by atoms with Crippen molar-refractivity contribution in [3.05, 3.63) is 24.3 Å². The fraction of sp³-hybridized carbons (Fsp3) is 0.538. The molecule has 0 bridgehead atoms. The molecule has 0 unspecified atom stereocenters. The van der Waals surface area contributed by atoms with Crippen LogP contribution in [0.25, 0.3) is 10.6 Å². The number of benzene rings is 1. The van der Waals surface area contributed by atoms with Crippen LogP contribution >= 0.6 is 22.7 Å². The van der Waals surface area contributed by atoms with Gasteiger partial charge in [-0.1, -0.05) is 22.7 Å². The number of rotatable bonds is 15. The fourth-order valence-corrected chi connectivity index (χ4v) is 7.58. The highest BCUT2D eigenvalue weighted by molar-refractivity contribution is 7.92. The minimum atomic E-state index is -8.27. The standard InChI is InChI=1S/C26H26F13N7O2S3/c1-5-45(6-2)19-41-15(16-17(40)42-20(49-16)46(7-3)8-4)18(50-19)44-43-13-9-11-14(12-10-13)51(47,48)26(38,39)24(33,34)22(29,30)21(27,28)23(31,32)25(35,36)37/h9-12H,5-8,40H2,1-4H3. The van der Waals surface area contributed by atoms with Crippen LogP contribution in [0.4, 0.5) is 83.8 Å². The zero-order valence-corrected chi connectivity index (χ0v) is 28.8. The van der Waals surface area contributed by atoms with Crippen LogP contribution in [-0.4, -0.2) is 79.7 Å². The average Bonchev–Trinajstić information content (AvgIpc) is 3.63. The van der Waals surface area contributed by atoms with E-state index in [-0.39, 0.29) is 34.3 Å². The Hall–Kier alpha value is -3.48. The molecule has 2 N–H and O–H groups in total. The third kappa shape index (κ3) is 6.91. The molecule has 0 fully saturated rings. The molecule has 0 radical (unpaired) electrons. The second kappa shape index (κ2) is 14.2. The van der Waals surface area contributed by atoms with Gasteiger partial charge in [0.25, 0.3) is 0 Å². The third-order valence-electron chi connectivity index (χ3n) is 7.17. The van der Waals surface area contributed by atoms with Gasteiger partial charge in [0.05, 0.1) is 10.6 Å². The number of nitrogens with two attached hydrogens (primary N) is 1. The minimum Gasteiger partial charge on any atom is -0.382 e. The Bertz CT molecular complexity index is 1820. The molecule has 0 atom stereocenters. The zero-order chi connectivity index (χ0) is 39.2. The molecule has 3 aromatic rings. The molecule has 0 aliphatic carbocycles. The van der Waals surface area contributed by atoms with Crippen molar-refractivity contribution in [1.29, 1.82) is 0 Å². The van der Waals surface area contributed by atoms with Crippen molar-refractivity contribution in [3.8, 4) is 10.6 Å². The SMILES string of the molecule is CCN(CC)c1nc(-c2sc(N(CC)CC)nc2N)c(N=Nc2ccc(S(=O)(=O)C(F)(F)C(F)(F)C(F)(F)C(F)(F)C(F)(F)C(F)(F)F)cc2)s1. The van der Waals surface area contributed by atoms with E-state index in [1.54, 1.807) is 0 Å². The molecular weight excluding hydrogens is 786 g/mol. The summed E-state index contributed by atoms with van der Waals surface area (Å²) in [7, 11) is -7.21. The Balaban J connectivity index is 2.03. The number of halogens is 13. The van der Waals surface area contributed by atoms with Crippen molar-refractivity contribution >= 4 is 59.3 Å². The quantitative estimate of drug-likeness (QED) is 0.120. The predicted octanol–water partition coefficient (Wildman–Crippen LogP) is 9.43. The maximum atomic E-state index is 14.6. The first-order chi connectivity index (χ1) is 23.2. The van der Waals surface area contributed by atoms with Crippen molar-refractivity contribution < 1.29 is 65.5 Å². The van der Waals surface area contributed by atoms with Gasteiger partial charge < -0.3 is 15.5 Å². The molecule has 0 amide bonds. The summed E-state index contributed by atoms with van der Waals surface area (Å²) in [5.74, 6) is -32.4. The number of thiazole rings is 2. The number of hydrogen-bond acceptors (Lipinski definition) is 11. The van der Waals surface area contributed by atoms with Crippen molar-refractivity contribution in [2.75, 3.05) is 41.7 Å². The second-order valence-electron chi connectivity index (χ2n) is 10.2. The van der Waals surface area contributed by atoms with Crippen LogP contribution in [0.15, 0.2) is 39.4 Å². The summed E-state index contributed by atoms with van der Waals surface area (Å²) in [6.45, 7) is 9.66. The monoisotopic (exact) mass is 811 g/mol. The van der Waals surface area contributed by atoms with Gasteiger partial charge in [0.15, 0.2) is 15.3 Å². The lowest BCUT2D eigenvalue weighted by Crippen LogP contribution is -2.71. The number of anilines is 3. The molecule has 0 aliphatic rings. The number of alkyl halides is 13. The number of sulfone groups is 1. The van der Waals surface area contributed by atoms with Gasteiger partial charge in [-0.25, -0.2) is 18.4 Å². The van der Waals surface area contributed by atoms with Gasteiger partial charge in [-0.05, 0) is 52.0 Å². The Morgan fingerprint density at radius 2 is 1.12 bits per heavy atom. The first-order valence-electron chi connectivity index (χ1n) is 14.2. The number of azo groups is 1. The lowest BCUT2D eigenvalue weighted by atomic mass is 9.98. The van der Waals surface area contributed by atoms with Crippen LogP contribution in [0.1, 0.15) is 27.7 Å². The molecule has 3 rings (SSSR count). The van der Waals surface area contributed by atoms with E-state index in [0.29, 0.717) is 53.5 Å². The smallest absolute Gasteiger partial charge is 0.382 e. The summed E-state index contributed by atoms with van der Waals surface area (Å²) in [5.41, 5.74) is 6.00. The lowest BCUT2D eigenvalue weighted by Gasteiger charge is -2.39.